The number of anilines is 2. The van der Waals surface area contributed by atoms with Crippen LogP contribution in [0, 0.1) is 5.92 Å². The SMILES string of the molecule is CC1CCN(C(=O)c2ccnc(Nc3cccc(Cl)c3Cl)n2)CC1. The Kier molecular flexibility index (Phi) is 5.21. The third-order valence-electron chi connectivity index (χ3n) is 4.14. The predicted molar refractivity (Wildman–Crippen MR) is 96.1 cm³/mol. The second kappa shape index (κ2) is 7.36. The second-order valence-corrected chi connectivity index (χ2v) is 6.75. The van der Waals surface area contributed by atoms with Gasteiger partial charge in [-0.05, 0) is 37.0 Å². The third-order valence-corrected chi connectivity index (χ3v) is 4.96. The highest BCUT2D eigenvalue weighted by molar-refractivity contribution is 6.43. The van der Waals surface area contributed by atoms with E-state index in [-0.39, 0.29) is 5.91 Å². The maximum Gasteiger partial charge on any atom is 0.272 e. The predicted octanol–water partition coefficient (Wildman–Crippen LogP) is 4.40. The number of carbonyl (C=O) groups is 1. The molecule has 1 fully saturated rings. The standard InChI is InChI=1S/C17H18Cl2N4O/c1-11-6-9-23(10-7-11)16(24)14-5-8-20-17(22-14)21-13-4-2-3-12(18)15(13)19/h2-5,8,11H,6-7,9-10H2,1H3,(H,20,21,22). The van der Waals surface area contributed by atoms with Crippen LogP contribution in [-0.2, 0) is 0 Å². The number of rotatable bonds is 3. The van der Waals surface area contributed by atoms with Crippen LogP contribution < -0.4 is 5.32 Å². The molecule has 1 aromatic heterocycles. The van der Waals surface area contributed by atoms with Crippen molar-refractivity contribution in [2.24, 2.45) is 5.92 Å². The lowest BCUT2D eigenvalue weighted by Crippen LogP contribution is -2.38. The van der Waals surface area contributed by atoms with Crippen LogP contribution >= 0.6 is 23.2 Å². The molecule has 0 saturated carbocycles. The van der Waals surface area contributed by atoms with Crippen molar-refractivity contribution in [3.05, 3.63) is 46.2 Å². The summed E-state index contributed by atoms with van der Waals surface area (Å²) in [5, 5.41) is 3.84. The molecule has 5 nitrogen and oxygen atoms in total. The van der Waals surface area contributed by atoms with Crippen LogP contribution in [0.2, 0.25) is 10.0 Å². The lowest BCUT2D eigenvalue weighted by molar-refractivity contribution is 0.0691. The van der Waals surface area contributed by atoms with Gasteiger partial charge >= 0.3 is 0 Å². The molecule has 126 valence electrons. The Morgan fingerprint density at radius 1 is 1.25 bits per heavy atom. The van der Waals surface area contributed by atoms with Crippen molar-refractivity contribution in [2.45, 2.75) is 19.8 Å². The van der Waals surface area contributed by atoms with Crippen molar-refractivity contribution in [3.8, 4) is 0 Å². The van der Waals surface area contributed by atoms with Crippen LogP contribution in [-0.4, -0.2) is 33.9 Å². The first-order chi connectivity index (χ1) is 11.5. The average Bonchev–Trinajstić information content (AvgIpc) is 2.59. The highest BCUT2D eigenvalue weighted by Gasteiger charge is 2.22. The molecule has 1 aliphatic rings. The summed E-state index contributed by atoms with van der Waals surface area (Å²) in [5.74, 6) is 0.918. The van der Waals surface area contributed by atoms with Crippen molar-refractivity contribution in [1.82, 2.24) is 14.9 Å². The quantitative estimate of drug-likeness (QED) is 0.876. The van der Waals surface area contributed by atoms with Crippen LogP contribution in [0.15, 0.2) is 30.5 Å². The lowest BCUT2D eigenvalue weighted by Gasteiger charge is -2.30. The summed E-state index contributed by atoms with van der Waals surface area (Å²) in [6, 6.07) is 6.89. The number of hydrogen-bond donors (Lipinski definition) is 1. The Morgan fingerprint density at radius 3 is 2.75 bits per heavy atom. The zero-order valence-corrected chi connectivity index (χ0v) is 14.8. The fourth-order valence-electron chi connectivity index (χ4n) is 2.63. The Hall–Kier alpha value is -1.85. The molecule has 7 heteroatoms. The minimum Gasteiger partial charge on any atom is -0.337 e. The number of likely N-dealkylation sites (tertiary alicyclic amines) is 1. The molecule has 1 amide bonds. The van der Waals surface area contributed by atoms with Crippen LogP contribution in [0.1, 0.15) is 30.3 Å². The lowest BCUT2D eigenvalue weighted by atomic mass is 9.99. The Bertz CT molecular complexity index is 745. The summed E-state index contributed by atoms with van der Waals surface area (Å²) in [5.41, 5.74) is 0.973. The van der Waals surface area contributed by atoms with Crippen molar-refractivity contribution in [2.75, 3.05) is 18.4 Å². The van der Waals surface area contributed by atoms with Crippen molar-refractivity contribution in [1.29, 1.82) is 0 Å². The van der Waals surface area contributed by atoms with Gasteiger partial charge in [-0.1, -0.05) is 36.2 Å². The summed E-state index contributed by atoms with van der Waals surface area (Å²) in [4.78, 5) is 22.9. The molecule has 1 aliphatic heterocycles. The highest BCUT2D eigenvalue weighted by Crippen LogP contribution is 2.30. The molecule has 0 atom stereocenters. The normalized spacial score (nSPS) is 15.4. The molecule has 0 radical (unpaired) electrons. The van der Waals surface area contributed by atoms with Crippen molar-refractivity contribution >= 4 is 40.7 Å². The van der Waals surface area contributed by atoms with E-state index in [0.29, 0.717) is 33.3 Å². The minimum absolute atomic E-state index is 0.0652. The van der Waals surface area contributed by atoms with Gasteiger partial charge in [-0.15, -0.1) is 0 Å². The molecule has 0 aliphatic carbocycles. The fraction of sp³-hybridized carbons (Fsp3) is 0.353. The zero-order chi connectivity index (χ0) is 17.1. The van der Waals surface area contributed by atoms with E-state index in [1.807, 2.05) is 4.90 Å². The Morgan fingerprint density at radius 2 is 2.00 bits per heavy atom. The fourth-order valence-corrected chi connectivity index (χ4v) is 2.98. The largest absolute Gasteiger partial charge is 0.337 e. The molecular formula is C17H18Cl2N4O. The first kappa shape index (κ1) is 17.0. The number of halogens is 2. The average molecular weight is 365 g/mol. The zero-order valence-electron chi connectivity index (χ0n) is 13.3. The molecule has 0 bridgehead atoms. The van der Waals surface area contributed by atoms with Crippen LogP contribution in [0.4, 0.5) is 11.6 Å². The minimum atomic E-state index is -0.0652. The molecule has 0 spiro atoms. The van der Waals surface area contributed by atoms with Crippen LogP contribution in [0.3, 0.4) is 0 Å². The van der Waals surface area contributed by atoms with Gasteiger partial charge in [0.15, 0.2) is 0 Å². The van der Waals surface area contributed by atoms with E-state index in [4.69, 9.17) is 23.2 Å². The number of hydrogen-bond acceptors (Lipinski definition) is 4. The summed E-state index contributed by atoms with van der Waals surface area (Å²) >= 11 is 12.2. The number of nitrogens with zero attached hydrogens (tertiary/aromatic N) is 3. The van der Waals surface area contributed by atoms with Crippen LogP contribution in [0.5, 0.6) is 0 Å². The monoisotopic (exact) mass is 364 g/mol. The van der Waals surface area contributed by atoms with E-state index in [0.717, 1.165) is 25.9 Å². The van der Waals surface area contributed by atoms with E-state index >= 15 is 0 Å². The van der Waals surface area contributed by atoms with Gasteiger partial charge in [0, 0.05) is 19.3 Å². The molecule has 1 saturated heterocycles. The van der Waals surface area contributed by atoms with Gasteiger partial charge in [-0.3, -0.25) is 4.79 Å². The van der Waals surface area contributed by atoms with Gasteiger partial charge in [0.25, 0.3) is 5.91 Å². The van der Waals surface area contributed by atoms with Gasteiger partial charge in [-0.25, -0.2) is 9.97 Å². The number of amides is 1. The smallest absolute Gasteiger partial charge is 0.272 e. The summed E-state index contributed by atoms with van der Waals surface area (Å²) < 4.78 is 0. The van der Waals surface area contributed by atoms with Gasteiger partial charge in [0.2, 0.25) is 5.95 Å². The maximum absolute atomic E-state index is 12.6. The number of benzene rings is 1. The Balaban J connectivity index is 1.76. The van der Waals surface area contributed by atoms with Crippen molar-refractivity contribution < 1.29 is 4.79 Å². The van der Waals surface area contributed by atoms with Gasteiger partial charge in [-0.2, -0.15) is 0 Å². The van der Waals surface area contributed by atoms with Gasteiger partial charge in [0.05, 0.1) is 15.7 Å². The summed E-state index contributed by atoms with van der Waals surface area (Å²) in [7, 11) is 0. The van der Waals surface area contributed by atoms with Gasteiger partial charge < -0.3 is 10.2 Å². The number of aromatic nitrogens is 2. The molecule has 1 N–H and O–H groups in total. The second-order valence-electron chi connectivity index (χ2n) is 5.97. The highest BCUT2D eigenvalue weighted by atomic mass is 35.5. The number of piperidine rings is 1. The molecule has 0 unspecified atom stereocenters. The maximum atomic E-state index is 12.6. The number of carbonyl (C=O) groups excluding carboxylic acids is 1. The summed E-state index contributed by atoms with van der Waals surface area (Å²) in [6.45, 7) is 3.75. The van der Waals surface area contributed by atoms with E-state index in [1.165, 1.54) is 0 Å². The van der Waals surface area contributed by atoms with E-state index in [9.17, 15) is 4.79 Å². The molecule has 1 aromatic carbocycles. The third kappa shape index (κ3) is 3.79. The molecule has 2 heterocycles. The Labute approximate surface area is 151 Å². The summed E-state index contributed by atoms with van der Waals surface area (Å²) in [6.07, 6.45) is 3.62. The molecule has 2 aromatic rings. The van der Waals surface area contributed by atoms with E-state index in [2.05, 4.69) is 22.2 Å². The first-order valence-corrected chi connectivity index (χ1v) is 8.63. The van der Waals surface area contributed by atoms with E-state index < -0.39 is 0 Å². The molecular weight excluding hydrogens is 347 g/mol. The number of nitrogens with one attached hydrogen (secondary N) is 1. The van der Waals surface area contributed by atoms with Crippen LogP contribution in [0.25, 0.3) is 0 Å². The topological polar surface area (TPSA) is 58.1 Å². The van der Waals surface area contributed by atoms with E-state index in [1.54, 1.807) is 30.5 Å². The molecule has 3 rings (SSSR count). The molecule has 24 heavy (non-hydrogen) atoms. The van der Waals surface area contributed by atoms with Crippen molar-refractivity contribution in [3.63, 3.8) is 0 Å². The first-order valence-electron chi connectivity index (χ1n) is 7.88. The van der Waals surface area contributed by atoms with Gasteiger partial charge in [0.1, 0.15) is 5.69 Å².